The monoisotopic (exact) mass is 406 g/mol. The molecule has 25 heavy (non-hydrogen) atoms. The molecule has 7 heteroatoms. The Morgan fingerprint density at radius 3 is 2.16 bits per heavy atom. The van der Waals surface area contributed by atoms with Crippen molar-refractivity contribution in [3.8, 4) is 23.0 Å². The van der Waals surface area contributed by atoms with Crippen molar-refractivity contribution in [3.05, 3.63) is 51.2 Å². The standard InChI is InChI=1S/C18H15BrO6/c1-2-7-3-8(12(21)5-11(7)20)15-17(24)16(18(15)25)9-4-10(19)14(23)6-13(9)22/h3-6,15,20-24H,2H2,1H3. The maximum absolute atomic E-state index is 12.6. The van der Waals surface area contributed by atoms with E-state index in [4.69, 9.17) is 0 Å². The molecule has 0 aromatic heterocycles. The van der Waals surface area contributed by atoms with Crippen LogP contribution in [0.15, 0.2) is 34.5 Å². The van der Waals surface area contributed by atoms with E-state index in [1.54, 1.807) is 0 Å². The number of ketones is 1. The second-order valence-electron chi connectivity index (χ2n) is 5.77. The van der Waals surface area contributed by atoms with Crippen molar-refractivity contribution < 1.29 is 30.3 Å². The molecule has 2 aromatic carbocycles. The first-order chi connectivity index (χ1) is 11.8. The molecule has 130 valence electrons. The summed E-state index contributed by atoms with van der Waals surface area (Å²) in [5.74, 6) is -2.76. The summed E-state index contributed by atoms with van der Waals surface area (Å²) in [6.45, 7) is 1.81. The van der Waals surface area contributed by atoms with E-state index in [1.165, 1.54) is 12.1 Å². The third kappa shape index (κ3) is 2.60. The molecule has 0 fully saturated rings. The number of Topliss-reactive ketones (excluding diaryl/α,β-unsaturated/α-hetero) is 1. The van der Waals surface area contributed by atoms with Gasteiger partial charge in [-0.25, -0.2) is 0 Å². The summed E-state index contributed by atoms with van der Waals surface area (Å²) in [4.78, 5) is 12.6. The van der Waals surface area contributed by atoms with Crippen LogP contribution in [-0.4, -0.2) is 31.3 Å². The molecule has 3 rings (SSSR count). The van der Waals surface area contributed by atoms with Crippen LogP contribution < -0.4 is 0 Å². The predicted molar refractivity (Wildman–Crippen MR) is 93.9 cm³/mol. The Balaban J connectivity index is 2.10. The number of aliphatic hydroxyl groups is 1. The van der Waals surface area contributed by atoms with Crippen LogP contribution in [0.25, 0.3) is 5.57 Å². The van der Waals surface area contributed by atoms with Gasteiger partial charge in [-0.3, -0.25) is 4.79 Å². The summed E-state index contributed by atoms with van der Waals surface area (Å²) in [7, 11) is 0. The second-order valence-corrected chi connectivity index (χ2v) is 6.63. The summed E-state index contributed by atoms with van der Waals surface area (Å²) in [5.41, 5.74) is 0.737. The van der Waals surface area contributed by atoms with E-state index < -0.39 is 11.7 Å². The molecule has 0 radical (unpaired) electrons. The highest BCUT2D eigenvalue weighted by Gasteiger charge is 2.43. The highest BCUT2D eigenvalue weighted by atomic mass is 79.9. The van der Waals surface area contributed by atoms with Crippen molar-refractivity contribution in [2.75, 3.05) is 0 Å². The lowest BCUT2D eigenvalue weighted by atomic mass is 9.74. The van der Waals surface area contributed by atoms with Crippen LogP contribution in [0.1, 0.15) is 29.5 Å². The van der Waals surface area contributed by atoms with Gasteiger partial charge in [0, 0.05) is 23.3 Å². The third-order valence-corrected chi connectivity index (χ3v) is 4.93. The first-order valence-corrected chi connectivity index (χ1v) is 8.29. The molecular formula is C18H15BrO6. The minimum absolute atomic E-state index is 0.0753. The Morgan fingerprint density at radius 1 is 0.920 bits per heavy atom. The fourth-order valence-electron chi connectivity index (χ4n) is 2.93. The number of aliphatic hydroxyl groups excluding tert-OH is 1. The summed E-state index contributed by atoms with van der Waals surface area (Å²) in [6, 6.07) is 5.01. The Bertz CT molecular complexity index is 932. The number of benzene rings is 2. The Labute approximate surface area is 151 Å². The summed E-state index contributed by atoms with van der Waals surface area (Å²) < 4.78 is 0.262. The number of carbonyl (C=O) groups excluding carboxylic acids is 1. The van der Waals surface area contributed by atoms with Gasteiger partial charge >= 0.3 is 0 Å². The van der Waals surface area contributed by atoms with Gasteiger partial charge in [-0.1, -0.05) is 6.92 Å². The lowest BCUT2D eigenvalue weighted by Crippen LogP contribution is -2.28. The minimum atomic E-state index is -1.06. The first kappa shape index (κ1) is 17.2. The first-order valence-electron chi connectivity index (χ1n) is 7.50. The van der Waals surface area contributed by atoms with Gasteiger partial charge in [0.15, 0.2) is 5.78 Å². The molecule has 0 spiro atoms. The van der Waals surface area contributed by atoms with Crippen molar-refractivity contribution in [1.29, 1.82) is 0 Å². The molecule has 6 nitrogen and oxygen atoms in total. The minimum Gasteiger partial charge on any atom is -0.510 e. The molecule has 1 unspecified atom stereocenters. The van der Waals surface area contributed by atoms with Crippen molar-refractivity contribution in [1.82, 2.24) is 0 Å². The van der Waals surface area contributed by atoms with E-state index in [0.29, 0.717) is 12.0 Å². The topological polar surface area (TPSA) is 118 Å². The number of aromatic hydroxyl groups is 4. The van der Waals surface area contributed by atoms with Gasteiger partial charge in [-0.15, -0.1) is 0 Å². The number of phenols is 4. The van der Waals surface area contributed by atoms with Gasteiger partial charge in [-0.05, 0) is 40.0 Å². The Kier molecular flexibility index (Phi) is 4.12. The van der Waals surface area contributed by atoms with Gasteiger partial charge < -0.3 is 25.5 Å². The molecule has 0 heterocycles. The highest BCUT2D eigenvalue weighted by Crippen LogP contribution is 2.49. The van der Waals surface area contributed by atoms with Gasteiger partial charge in [-0.2, -0.15) is 0 Å². The van der Waals surface area contributed by atoms with Crippen molar-refractivity contribution >= 4 is 27.3 Å². The SMILES string of the molecule is CCc1cc(C2C(=O)C(c3cc(Br)c(O)cc3O)=C2O)c(O)cc1O. The van der Waals surface area contributed by atoms with Gasteiger partial charge in [0.25, 0.3) is 0 Å². The lowest BCUT2D eigenvalue weighted by Gasteiger charge is -2.29. The quantitative estimate of drug-likeness (QED) is 0.532. The molecule has 1 atom stereocenters. The summed E-state index contributed by atoms with van der Waals surface area (Å²) in [5, 5.41) is 49.7. The van der Waals surface area contributed by atoms with Crippen LogP contribution in [0.2, 0.25) is 0 Å². The fraction of sp³-hybridized carbons (Fsp3) is 0.167. The van der Waals surface area contributed by atoms with Gasteiger partial charge in [0.05, 0.1) is 10.0 Å². The fourth-order valence-corrected chi connectivity index (χ4v) is 3.27. The van der Waals surface area contributed by atoms with E-state index in [2.05, 4.69) is 15.9 Å². The third-order valence-electron chi connectivity index (χ3n) is 4.29. The largest absolute Gasteiger partial charge is 0.510 e. The van der Waals surface area contributed by atoms with Crippen molar-refractivity contribution in [2.45, 2.75) is 19.3 Å². The number of allylic oxidation sites excluding steroid dienone is 2. The number of phenolic OH excluding ortho intramolecular Hbond substituents is 4. The predicted octanol–water partition coefficient (Wildman–Crippen LogP) is 3.47. The second kappa shape index (κ2) is 6.00. The molecule has 1 aliphatic carbocycles. The molecule has 0 amide bonds. The Hall–Kier alpha value is -2.67. The number of hydrogen-bond acceptors (Lipinski definition) is 6. The summed E-state index contributed by atoms with van der Waals surface area (Å²) in [6.07, 6.45) is 0.489. The van der Waals surface area contributed by atoms with Crippen molar-refractivity contribution in [3.63, 3.8) is 0 Å². The van der Waals surface area contributed by atoms with E-state index in [9.17, 15) is 30.3 Å². The van der Waals surface area contributed by atoms with Crippen molar-refractivity contribution in [2.24, 2.45) is 0 Å². The molecule has 0 bridgehead atoms. The van der Waals surface area contributed by atoms with Crippen LogP contribution >= 0.6 is 15.9 Å². The van der Waals surface area contributed by atoms with E-state index in [1.807, 2.05) is 6.92 Å². The molecule has 0 saturated heterocycles. The zero-order valence-electron chi connectivity index (χ0n) is 13.1. The number of rotatable bonds is 3. The number of carbonyl (C=O) groups is 1. The lowest BCUT2D eigenvalue weighted by molar-refractivity contribution is -0.116. The van der Waals surface area contributed by atoms with Crippen LogP contribution in [0.4, 0.5) is 0 Å². The average molecular weight is 407 g/mol. The average Bonchev–Trinajstić information content (AvgIpc) is 2.55. The number of aryl methyl sites for hydroxylation is 1. The highest BCUT2D eigenvalue weighted by molar-refractivity contribution is 9.10. The van der Waals surface area contributed by atoms with Crippen LogP contribution in [0.3, 0.4) is 0 Å². The number of halogens is 1. The van der Waals surface area contributed by atoms with Gasteiger partial charge in [0.1, 0.15) is 34.7 Å². The molecule has 5 N–H and O–H groups in total. The van der Waals surface area contributed by atoms with Crippen LogP contribution in [0, 0.1) is 0 Å². The number of hydrogen-bond donors (Lipinski definition) is 5. The smallest absolute Gasteiger partial charge is 0.182 e. The summed E-state index contributed by atoms with van der Waals surface area (Å²) >= 11 is 3.10. The maximum Gasteiger partial charge on any atom is 0.182 e. The zero-order valence-corrected chi connectivity index (χ0v) is 14.7. The molecule has 0 aliphatic heterocycles. The molecule has 2 aromatic rings. The van der Waals surface area contributed by atoms with E-state index >= 15 is 0 Å². The normalized spacial score (nSPS) is 16.9. The molecule has 0 saturated carbocycles. The molecular weight excluding hydrogens is 392 g/mol. The maximum atomic E-state index is 12.6. The van der Waals surface area contributed by atoms with Gasteiger partial charge in [0.2, 0.25) is 0 Å². The van der Waals surface area contributed by atoms with E-state index in [-0.39, 0.29) is 49.9 Å². The van der Waals surface area contributed by atoms with Crippen LogP contribution in [0.5, 0.6) is 23.0 Å². The van der Waals surface area contributed by atoms with E-state index in [0.717, 1.165) is 12.1 Å². The van der Waals surface area contributed by atoms with Crippen LogP contribution in [-0.2, 0) is 11.2 Å². The molecule has 1 aliphatic rings. The Morgan fingerprint density at radius 2 is 1.56 bits per heavy atom. The zero-order chi connectivity index (χ0) is 18.5.